The third-order valence-electron chi connectivity index (χ3n) is 3.13. The normalized spacial score (nSPS) is 11.1. The van der Waals surface area contributed by atoms with Crippen LogP contribution >= 0.6 is 15.9 Å². The number of fused-ring (bicyclic) bond motifs is 1. The first-order valence-corrected chi connectivity index (χ1v) is 7.36. The summed E-state index contributed by atoms with van der Waals surface area (Å²) < 4.78 is 3.14. The molecule has 2 aromatic heterocycles. The molecule has 20 heavy (non-hydrogen) atoms. The van der Waals surface area contributed by atoms with E-state index in [1.807, 2.05) is 40.9 Å². The molecule has 3 rings (SSSR count). The van der Waals surface area contributed by atoms with Gasteiger partial charge in [-0.15, -0.1) is 10.2 Å². The molecule has 0 fully saturated rings. The molecule has 0 saturated heterocycles. The first kappa shape index (κ1) is 13.3. The van der Waals surface area contributed by atoms with Crippen LogP contribution in [0.25, 0.3) is 5.65 Å². The molecule has 2 heterocycles. The molecule has 0 bridgehead atoms. The van der Waals surface area contributed by atoms with Crippen molar-refractivity contribution >= 4 is 21.6 Å². The van der Waals surface area contributed by atoms with Crippen molar-refractivity contribution in [3.05, 3.63) is 64.5 Å². The lowest BCUT2D eigenvalue weighted by Gasteiger charge is -2.04. The lowest BCUT2D eigenvalue weighted by Crippen LogP contribution is -2.17. The predicted molar refractivity (Wildman–Crippen MR) is 82.5 cm³/mol. The smallest absolute Gasteiger partial charge is 0.160 e. The maximum atomic E-state index is 4.22. The Morgan fingerprint density at radius 3 is 2.95 bits per heavy atom. The average molecular weight is 331 g/mol. The number of halogens is 1. The van der Waals surface area contributed by atoms with Crippen molar-refractivity contribution in [3.63, 3.8) is 0 Å². The highest BCUT2D eigenvalue weighted by molar-refractivity contribution is 9.10. The summed E-state index contributed by atoms with van der Waals surface area (Å²) in [5.74, 6) is 0.988. The van der Waals surface area contributed by atoms with E-state index in [1.54, 1.807) is 0 Å². The summed E-state index contributed by atoms with van der Waals surface area (Å²) >= 11 is 3.48. The maximum absolute atomic E-state index is 4.22. The summed E-state index contributed by atoms with van der Waals surface area (Å²) in [6.07, 6.45) is 2.86. The Hall–Kier alpha value is -1.72. The van der Waals surface area contributed by atoms with Crippen LogP contribution in [0.15, 0.2) is 53.1 Å². The van der Waals surface area contributed by atoms with Gasteiger partial charge in [-0.25, -0.2) is 0 Å². The summed E-state index contributed by atoms with van der Waals surface area (Å²) in [7, 11) is 0. The van der Waals surface area contributed by atoms with E-state index in [9.17, 15) is 0 Å². The highest BCUT2D eigenvalue weighted by atomic mass is 79.9. The zero-order valence-electron chi connectivity index (χ0n) is 11.0. The summed E-state index contributed by atoms with van der Waals surface area (Å²) in [5.41, 5.74) is 2.17. The van der Waals surface area contributed by atoms with Gasteiger partial charge in [0.2, 0.25) is 0 Å². The molecular weight excluding hydrogens is 316 g/mol. The van der Waals surface area contributed by atoms with Crippen LogP contribution in [-0.2, 0) is 13.0 Å². The van der Waals surface area contributed by atoms with Gasteiger partial charge in [0.25, 0.3) is 0 Å². The monoisotopic (exact) mass is 330 g/mol. The van der Waals surface area contributed by atoms with Gasteiger partial charge in [0.05, 0.1) is 0 Å². The van der Waals surface area contributed by atoms with Crippen LogP contribution in [0.2, 0.25) is 0 Å². The van der Waals surface area contributed by atoms with E-state index in [-0.39, 0.29) is 0 Å². The molecule has 5 heteroatoms. The fourth-order valence-corrected chi connectivity index (χ4v) is 2.59. The minimum Gasteiger partial charge on any atom is -0.312 e. The second kappa shape index (κ2) is 6.15. The van der Waals surface area contributed by atoms with E-state index in [0.717, 1.165) is 35.5 Å². The fourth-order valence-electron chi connectivity index (χ4n) is 2.14. The fraction of sp³-hybridized carbons (Fsp3) is 0.200. The van der Waals surface area contributed by atoms with Crippen molar-refractivity contribution in [1.29, 1.82) is 0 Å². The molecule has 0 atom stereocenters. The first-order chi connectivity index (χ1) is 9.83. The first-order valence-electron chi connectivity index (χ1n) is 6.57. The van der Waals surface area contributed by atoms with Crippen LogP contribution in [-0.4, -0.2) is 21.1 Å². The third kappa shape index (κ3) is 3.05. The highest BCUT2D eigenvalue weighted by Gasteiger charge is 2.03. The molecule has 0 unspecified atom stereocenters. The van der Waals surface area contributed by atoms with E-state index in [2.05, 4.69) is 43.6 Å². The predicted octanol–water partition coefficient (Wildman–Crippen LogP) is 2.82. The molecule has 1 aromatic carbocycles. The van der Waals surface area contributed by atoms with Gasteiger partial charge in [-0.05, 0) is 29.8 Å². The van der Waals surface area contributed by atoms with Gasteiger partial charge in [-0.3, -0.25) is 4.40 Å². The van der Waals surface area contributed by atoms with Crippen molar-refractivity contribution in [1.82, 2.24) is 19.9 Å². The summed E-state index contributed by atoms with van der Waals surface area (Å²) in [4.78, 5) is 0. The molecule has 0 saturated carbocycles. The maximum Gasteiger partial charge on any atom is 0.160 e. The van der Waals surface area contributed by atoms with Crippen molar-refractivity contribution in [2.24, 2.45) is 0 Å². The van der Waals surface area contributed by atoms with E-state index in [4.69, 9.17) is 0 Å². The topological polar surface area (TPSA) is 42.2 Å². The number of hydrogen-bond acceptors (Lipinski definition) is 3. The average Bonchev–Trinajstić information content (AvgIpc) is 2.87. The summed E-state index contributed by atoms with van der Waals surface area (Å²) in [5, 5.41) is 11.8. The number of benzene rings is 1. The Labute approximate surface area is 126 Å². The van der Waals surface area contributed by atoms with Crippen molar-refractivity contribution < 1.29 is 0 Å². The molecule has 4 nitrogen and oxygen atoms in total. The van der Waals surface area contributed by atoms with Crippen LogP contribution in [0.5, 0.6) is 0 Å². The minimum absolute atomic E-state index is 0.857. The number of hydrogen-bond donors (Lipinski definition) is 1. The number of nitrogens with one attached hydrogen (secondary N) is 1. The second-order valence-electron chi connectivity index (χ2n) is 4.60. The zero-order chi connectivity index (χ0) is 13.8. The van der Waals surface area contributed by atoms with E-state index in [0.29, 0.717) is 0 Å². The van der Waals surface area contributed by atoms with E-state index < -0.39 is 0 Å². The lowest BCUT2D eigenvalue weighted by atomic mass is 10.2. The summed E-state index contributed by atoms with van der Waals surface area (Å²) in [6, 6.07) is 14.3. The molecule has 102 valence electrons. The third-order valence-corrected chi connectivity index (χ3v) is 3.62. The number of pyridine rings is 1. The highest BCUT2D eigenvalue weighted by Crippen LogP contribution is 2.11. The van der Waals surface area contributed by atoms with Gasteiger partial charge in [0.15, 0.2) is 5.65 Å². The van der Waals surface area contributed by atoms with Gasteiger partial charge in [0, 0.05) is 30.2 Å². The van der Waals surface area contributed by atoms with Gasteiger partial charge < -0.3 is 5.32 Å². The Balaban J connectivity index is 1.55. The molecule has 0 spiro atoms. The Morgan fingerprint density at radius 2 is 2.05 bits per heavy atom. The molecular formula is C15H15BrN4. The van der Waals surface area contributed by atoms with Gasteiger partial charge in [-0.1, -0.05) is 34.1 Å². The quantitative estimate of drug-likeness (QED) is 0.731. The molecule has 1 N–H and O–H groups in total. The largest absolute Gasteiger partial charge is 0.312 e. The van der Waals surface area contributed by atoms with Crippen LogP contribution in [0, 0.1) is 0 Å². The second-order valence-corrected chi connectivity index (χ2v) is 5.52. The Morgan fingerprint density at radius 1 is 1.10 bits per heavy atom. The van der Waals surface area contributed by atoms with Crippen LogP contribution < -0.4 is 5.32 Å². The number of nitrogens with zero attached hydrogens (tertiary/aromatic N) is 3. The van der Waals surface area contributed by atoms with Crippen LogP contribution in [0.1, 0.15) is 11.4 Å². The standard InChI is InChI=1S/C15H15BrN4/c16-13-5-3-4-12(10-13)11-17-8-7-15-19-18-14-6-1-2-9-20(14)15/h1-6,9-10,17H,7-8,11H2. The molecule has 0 aliphatic heterocycles. The Kier molecular flexibility index (Phi) is 4.08. The number of aromatic nitrogens is 3. The van der Waals surface area contributed by atoms with Gasteiger partial charge in [-0.2, -0.15) is 0 Å². The van der Waals surface area contributed by atoms with Crippen LogP contribution in [0.3, 0.4) is 0 Å². The molecule has 3 aromatic rings. The molecule has 0 amide bonds. The van der Waals surface area contributed by atoms with E-state index in [1.165, 1.54) is 5.56 Å². The summed E-state index contributed by atoms with van der Waals surface area (Å²) in [6.45, 7) is 1.73. The van der Waals surface area contributed by atoms with Gasteiger partial charge in [0.1, 0.15) is 5.82 Å². The lowest BCUT2D eigenvalue weighted by molar-refractivity contribution is 0.667. The SMILES string of the molecule is Brc1cccc(CNCCc2nnc3ccccn23)c1. The number of rotatable bonds is 5. The van der Waals surface area contributed by atoms with Crippen LogP contribution in [0.4, 0.5) is 0 Å². The van der Waals surface area contributed by atoms with Gasteiger partial charge >= 0.3 is 0 Å². The molecule has 0 aliphatic carbocycles. The molecule has 0 radical (unpaired) electrons. The van der Waals surface area contributed by atoms with Crippen molar-refractivity contribution in [2.45, 2.75) is 13.0 Å². The van der Waals surface area contributed by atoms with E-state index >= 15 is 0 Å². The Bertz CT molecular complexity index is 708. The zero-order valence-corrected chi connectivity index (χ0v) is 12.5. The minimum atomic E-state index is 0.857. The molecule has 0 aliphatic rings. The van der Waals surface area contributed by atoms with Crippen molar-refractivity contribution in [3.8, 4) is 0 Å². The van der Waals surface area contributed by atoms with Crippen molar-refractivity contribution in [2.75, 3.05) is 6.54 Å².